The Morgan fingerprint density at radius 1 is 1.39 bits per heavy atom. The molecule has 0 radical (unpaired) electrons. The number of nitrogens with one attached hydrogen (secondary N) is 1. The zero-order chi connectivity index (χ0) is 13.4. The van der Waals surface area contributed by atoms with Gasteiger partial charge < -0.3 is 10.1 Å². The van der Waals surface area contributed by atoms with Crippen molar-refractivity contribution >= 4 is 15.9 Å². The summed E-state index contributed by atoms with van der Waals surface area (Å²) in [6.45, 7) is 8.07. The van der Waals surface area contributed by atoms with Gasteiger partial charge in [0.2, 0.25) is 0 Å². The molecule has 0 aromatic carbocycles. The molecule has 0 fully saturated rings. The van der Waals surface area contributed by atoms with Crippen LogP contribution in [-0.2, 0) is 11.2 Å². The predicted octanol–water partition coefficient (Wildman–Crippen LogP) is 3.18. The van der Waals surface area contributed by atoms with Crippen molar-refractivity contribution < 1.29 is 4.74 Å². The Morgan fingerprint density at radius 2 is 2.17 bits per heavy atom. The van der Waals surface area contributed by atoms with Gasteiger partial charge in [0.1, 0.15) is 0 Å². The molecule has 0 aliphatic carbocycles. The molecule has 0 spiro atoms. The van der Waals surface area contributed by atoms with E-state index in [1.54, 1.807) is 0 Å². The summed E-state index contributed by atoms with van der Waals surface area (Å²) in [4.78, 5) is 4.20. The lowest BCUT2D eigenvalue weighted by atomic mass is 10.1. The molecular formula is C14H23BrN2O. The maximum atomic E-state index is 5.71. The second kappa shape index (κ2) is 8.62. The summed E-state index contributed by atoms with van der Waals surface area (Å²) in [5, 5.41) is 3.52. The Kier molecular flexibility index (Phi) is 7.47. The molecule has 102 valence electrons. The van der Waals surface area contributed by atoms with E-state index in [1.807, 2.05) is 12.4 Å². The van der Waals surface area contributed by atoms with E-state index in [0.29, 0.717) is 6.04 Å². The third-order valence-electron chi connectivity index (χ3n) is 2.56. The first-order valence-corrected chi connectivity index (χ1v) is 7.35. The number of ether oxygens (including phenoxy) is 1. The van der Waals surface area contributed by atoms with Crippen LogP contribution >= 0.6 is 15.9 Å². The van der Waals surface area contributed by atoms with Gasteiger partial charge in [-0.3, -0.25) is 4.98 Å². The quantitative estimate of drug-likeness (QED) is 0.800. The van der Waals surface area contributed by atoms with Gasteiger partial charge in [-0.15, -0.1) is 0 Å². The van der Waals surface area contributed by atoms with Gasteiger partial charge in [0.05, 0.1) is 12.7 Å². The number of rotatable bonds is 8. The van der Waals surface area contributed by atoms with Crippen molar-refractivity contribution in [2.45, 2.75) is 45.8 Å². The number of hydrogen-bond donors (Lipinski definition) is 1. The smallest absolute Gasteiger partial charge is 0.0626 e. The van der Waals surface area contributed by atoms with E-state index in [0.717, 1.165) is 30.5 Å². The first-order valence-electron chi connectivity index (χ1n) is 6.56. The van der Waals surface area contributed by atoms with Crippen molar-refractivity contribution in [2.75, 3.05) is 13.2 Å². The fourth-order valence-corrected chi connectivity index (χ4v) is 2.11. The number of nitrogens with zero attached hydrogens (tertiary/aromatic N) is 1. The predicted molar refractivity (Wildman–Crippen MR) is 78.8 cm³/mol. The maximum absolute atomic E-state index is 5.71. The Balaban J connectivity index is 2.53. The van der Waals surface area contributed by atoms with E-state index >= 15 is 0 Å². The fourth-order valence-electron chi connectivity index (χ4n) is 1.70. The van der Waals surface area contributed by atoms with Crippen LogP contribution in [0.1, 0.15) is 32.8 Å². The second-order valence-corrected chi connectivity index (χ2v) is 5.66. The molecule has 0 saturated heterocycles. The lowest BCUT2D eigenvalue weighted by Gasteiger charge is -2.20. The molecule has 0 aliphatic rings. The molecule has 0 bridgehead atoms. The van der Waals surface area contributed by atoms with Gasteiger partial charge in [0.25, 0.3) is 0 Å². The minimum absolute atomic E-state index is 0.275. The Labute approximate surface area is 118 Å². The summed E-state index contributed by atoms with van der Waals surface area (Å²) >= 11 is 3.45. The van der Waals surface area contributed by atoms with E-state index in [9.17, 15) is 0 Å². The molecule has 0 aliphatic heterocycles. The molecule has 3 nitrogen and oxygen atoms in total. The third kappa shape index (κ3) is 6.47. The van der Waals surface area contributed by atoms with Crippen LogP contribution in [0.15, 0.2) is 22.9 Å². The number of halogens is 1. The van der Waals surface area contributed by atoms with Crippen LogP contribution in [0.3, 0.4) is 0 Å². The Morgan fingerprint density at radius 3 is 2.78 bits per heavy atom. The van der Waals surface area contributed by atoms with E-state index in [1.165, 1.54) is 5.56 Å². The molecule has 1 aromatic heterocycles. The summed E-state index contributed by atoms with van der Waals surface area (Å²) < 4.78 is 6.74. The maximum Gasteiger partial charge on any atom is 0.0626 e. The summed E-state index contributed by atoms with van der Waals surface area (Å²) in [6, 6.07) is 2.46. The van der Waals surface area contributed by atoms with Gasteiger partial charge in [-0.1, -0.05) is 6.92 Å². The number of pyridine rings is 1. The first-order chi connectivity index (χ1) is 8.61. The largest absolute Gasteiger partial charge is 0.377 e. The van der Waals surface area contributed by atoms with Crippen LogP contribution in [0.5, 0.6) is 0 Å². The molecule has 0 saturated carbocycles. The highest BCUT2D eigenvalue weighted by Gasteiger charge is 2.10. The number of hydrogen-bond acceptors (Lipinski definition) is 3. The molecule has 1 unspecified atom stereocenters. The highest BCUT2D eigenvalue weighted by molar-refractivity contribution is 9.10. The van der Waals surface area contributed by atoms with Gasteiger partial charge in [0, 0.05) is 22.9 Å². The Hall–Kier alpha value is -0.450. The zero-order valence-corrected chi connectivity index (χ0v) is 13.0. The van der Waals surface area contributed by atoms with Crippen LogP contribution in [0, 0.1) is 0 Å². The Bertz CT molecular complexity index is 344. The van der Waals surface area contributed by atoms with Crippen molar-refractivity contribution in [1.29, 1.82) is 0 Å². The SMILES string of the molecule is CCCNC(COC(C)C)Cc1cncc(Br)c1. The highest BCUT2D eigenvalue weighted by atomic mass is 79.9. The summed E-state index contributed by atoms with van der Waals surface area (Å²) in [5.41, 5.74) is 1.23. The van der Waals surface area contributed by atoms with Crippen LogP contribution in [0.4, 0.5) is 0 Å². The second-order valence-electron chi connectivity index (χ2n) is 4.75. The standard InChI is InChI=1S/C14H23BrN2O/c1-4-5-17-14(10-18-11(2)3)7-12-6-13(15)9-16-8-12/h6,8-9,11,14,17H,4-5,7,10H2,1-3H3. The van der Waals surface area contributed by atoms with E-state index in [4.69, 9.17) is 4.74 Å². The monoisotopic (exact) mass is 314 g/mol. The molecular weight excluding hydrogens is 292 g/mol. The van der Waals surface area contributed by atoms with Crippen LogP contribution in [0.25, 0.3) is 0 Å². The molecule has 4 heteroatoms. The zero-order valence-electron chi connectivity index (χ0n) is 11.4. The van der Waals surface area contributed by atoms with Gasteiger partial charge in [-0.05, 0) is 60.8 Å². The topological polar surface area (TPSA) is 34.1 Å². The molecule has 1 aromatic rings. The molecule has 0 amide bonds. The molecule has 1 rings (SSSR count). The molecule has 1 N–H and O–H groups in total. The van der Waals surface area contributed by atoms with E-state index in [-0.39, 0.29) is 6.10 Å². The van der Waals surface area contributed by atoms with E-state index < -0.39 is 0 Å². The summed E-state index contributed by atoms with van der Waals surface area (Å²) in [7, 11) is 0. The van der Waals surface area contributed by atoms with Crippen molar-refractivity contribution in [3.8, 4) is 0 Å². The third-order valence-corrected chi connectivity index (χ3v) is 2.99. The normalized spacial score (nSPS) is 12.9. The van der Waals surface area contributed by atoms with Crippen molar-refractivity contribution in [3.05, 3.63) is 28.5 Å². The van der Waals surface area contributed by atoms with E-state index in [2.05, 4.69) is 53.1 Å². The summed E-state index contributed by atoms with van der Waals surface area (Å²) in [5.74, 6) is 0. The molecule has 1 heterocycles. The van der Waals surface area contributed by atoms with Crippen LogP contribution < -0.4 is 5.32 Å². The first kappa shape index (κ1) is 15.6. The van der Waals surface area contributed by atoms with Crippen molar-refractivity contribution in [3.63, 3.8) is 0 Å². The van der Waals surface area contributed by atoms with Crippen molar-refractivity contribution in [2.24, 2.45) is 0 Å². The lowest BCUT2D eigenvalue weighted by molar-refractivity contribution is 0.0613. The average Bonchev–Trinajstić information content (AvgIpc) is 2.32. The van der Waals surface area contributed by atoms with Crippen LogP contribution in [0.2, 0.25) is 0 Å². The highest BCUT2D eigenvalue weighted by Crippen LogP contribution is 2.11. The van der Waals surface area contributed by atoms with Gasteiger partial charge in [-0.2, -0.15) is 0 Å². The van der Waals surface area contributed by atoms with Crippen LogP contribution in [-0.4, -0.2) is 30.3 Å². The van der Waals surface area contributed by atoms with Crippen molar-refractivity contribution in [1.82, 2.24) is 10.3 Å². The average molecular weight is 315 g/mol. The lowest BCUT2D eigenvalue weighted by Crippen LogP contribution is -2.36. The number of aromatic nitrogens is 1. The van der Waals surface area contributed by atoms with Gasteiger partial charge in [0.15, 0.2) is 0 Å². The fraction of sp³-hybridized carbons (Fsp3) is 0.643. The summed E-state index contributed by atoms with van der Waals surface area (Å²) in [6.07, 6.45) is 6.08. The van der Waals surface area contributed by atoms with Gasteiger partial charge in [-0.25, -0.2) is 0 Å². The van der Waals surface area contributed by atoms with Gasteiger partial charge >= 0.3 is 0 Å². The molecule has 18 heavy (non-hydrogen) atoms. The molecule has 1 atom stereocenters. The minimum atomic E-state index is 0.275. The minimum Gasteiger partial charge on any atom is -0.377 e.